The number of ether oxygens (including phenoxy) is 4. The summed E-state index contributed by atoms with van der Waals surface area (Å²) in [4.78, 5) is 13.4. The Hall–Kier alpha value is -3.60. The molecule has 3 aromatic carbocycles. The first-order valence-electron chi connectivity index (χ1n) is 14.9. The number of rotatable bonds is 19. The van der Waals surface area contributed by atoms with Crippen LogP contribution >= 0.6 is 0 Å². The van der Waals surface area contributed by atoms with E-state index in [0.29, 0.717) is 6.42 Å². The van der Waals surface area contributed by atoms with E-state index in [9.17, 15) is 13.2 Å². The van der Waals surface area contributed by atoms with Gasteiger partial charge in [-0.3, -0.25) is 4.18 Å². The summed E-state index contributed by atoms with van der Waals surface area (Å²) in [6, 6.07) is 25.6. The minimum atomic E-state index is -4.01. The maximum atomic E-state index is 13.3. The molecule has 9 heteroatoms. The van der Waals surface area contributed by atoms with E-state index < -0.39 is 40.3 Å². The van der Waals surface area contributed by atoms with Crippen LogP contribution in [0.1, 0.15) is 36.5 Å². The molecule has 0 saturated carbocycles. The highest BCUT2D eigenvalue weighted by molar-refractivity contribution is 7.86. The molecule has 3 rings (SSSR count). The van der Waals surface area contributed by atoms with Gasteiger partial charge in [0.05, 0.1) is 44.0 Å². The molecule has 0 bridgehead atoms. The zero-order chi connectivity index (χ0) is 32.7. The number of esters is 1. The lowest BCUT2D eigenvalue weighted by molar-refractivity contribution is -0.168. The zero-order valence-electron chi connectivity index (χ0n) is 26.5. The number of allylic oxidation sites excluding steroid dienone is 2. The molecule has 0 fully saturated rings. The Bertz CT molecular complexity index is 1450. The highest BCUT2D eigenvalue weighted by Gasteiger charge is 2.41. The van der Waals surface area contributed by atoms with Crippen LogP contribution in [-0.4, -0.2) is 53.5 Å². The third-order valence-corrected chi connectivity index (χ3v) is 8.74. The molecule has 0 N–H and O–H groups in total. The van der Waals surface area contributed by atoms with Crippen molar-refractivity contribution >= 4 is 16.1 Å². The Morgan fingerprint density at radius 1 is 0.867 bits per heavy atom. The molecule has 3 aromatic rings. The first-order chi connectivity index (χ1) is 21.7. The van der Waals surface area contributed by atoms with Gasteiger partial charge in [-0.25, -0.2) is 4.79 Å². The molecule has 0 spiro atoms. The van der Waals surface area contributed by atoms with Crippen molar-refractivity contribution in [1.82, 2.24) is 0 Å². The molecule has 4 atom stereocenters. The summed E-state index contributed by atoms with van der Waals surface area (Å²) in [6.45, 7) is 7.82. The first-order valence-corrected chi connectivity index (χ1v) is 16.3. The Balaban J connectivity index is 1.95. The molecule has 0 unspecified atom stereocenters. The number of hydrogen-bond acceptors (Lipinski definition) is 8. The van der Waals surface area contributed by atoms with Gasteiger partial charge in [0.1, 0.15) is 0 Å². The minimum absolute atomic E-state index is 0.0688. The summed E-state index contributed by atoms with van der Waals surface area (Å²) in [5.41, 5.74) is 3.56. The smallest absolute Gasteiger partial charge is 0.335 e. The van der Waals surface area contributed by atoms with Gasteiger partial charge >= 0.3 is 5.97 Å². The Morgan fingerprint density at radius 2 is 1.44 bits per heavy atom. The van der Waals surface area contributed by atoms with Crippen molar-refractivity contribution in [3.8, 4) is 0 Å². The molecule has 45 heavy (non-hydrogen) atoms. The maximum Gasteiger partial charge on any atom is 0.335 e. The normalized spacial score (nSPS) is 14.7. The van der Waals surface area contributed by atoms with Gasteiger partial charge < -0.3 is 18.9 Å². The van der Waals surface area contributed by atoms with E-state index in [2.05, 4.69) is 6.58 Å². The summed E-state index contributed by atoms with van der Waals surface area (Å²) < 4.78 is 55.4. The fourth-order valence-electron chi connectivity index (χ4n) is 4.97. The van der Waals surface area contributed by atoms with E-state index in [4.69, 9.17) is 23.1 Å². The summed E-state index contributed by atoms with van der Waals surface area (Å²) in [5, 5.41) is 0. The van der Waals surface area contributed by atoms with Crippen molar-refractivity contribution in [1.29, 1.82) is 0 Å². The van der Waals surface area contributed by atoms with E-state index in [1.54, 1.807) is 18.2 Å². The molecule has 0 aliphatic carbocycles. The number of hydrogen-bond donors (Lipinski definition) is 0. The second-order valence-electron chi connectivity index (χ2n) is 10.7. The molecule has 0 aromatic heterocycles. The van der Waals surface area contributed by atoms with Crippen molar-refractivity contribution < 1.29 is 36.3 Å². The van der Waals surface area contributed by atoms with Crippen molar-refractivity contribution in [3.05, 3.63) is 126 Å². The molecule has 0 radical (unpaired) electrons. The molecule has 242 valence electrons. The van der Waals surface area contributed by atoms with Crippen LogP contribution in [0.2, 0.25) is 0 Å². The number of aryl methyl sites for hydroxylation is 1. The van der Waals surface area contributed by atoms with Gasteiger partial charge in [0.15, 0.2) is 6.10 Å². The number of methoxy groups -OCH3 is 2. The largest absolute Gasteiger partial charge is 0.467 e. The fraction of sp³-hybridized carbons (Fsp3) is 0.361. The van der Waals surface area contributed by atoms with E-state index in [1.165, 1.54) is 26.4 Å². The molecule has 0 aliphatic rings. The molecule has 0 aliphatic heterocycles. The SMILES string of the molecule is C=CC/C=C(\C)[C@@H]([C@H](OC)[C@@H](CCOS(=O)(=O)c1ccc(C)cc1)OCc1ccccc1)[C@H](OCc1ccccc1)C(=O)OC. The lowest BCUT2D eigenvalue weighted by Gasteiger charge is -2.37. The first kappa shape index (κ1) is 35.9. The predicted molar refractivity (Wildman–Crippen MR) is 174 cm³/mol. The predicted octanol–water partition coefficient (Wildman–Crippen LogP) is 6.59. The standard InChI is InChI=1S/C36H44O8S/c1-6-7-14-28(3)33(35(36(37)41-5)43-26-30-17-12-9-13-18-30)34(40-4)32(42-25-29-15-10-8-11-16-29)23-24-44-45(38,39)31-21-19-27(2)20-22-31/h6,8-22,32-35H,1,7,23-26H2,2-5H3/b28-14+/t32-,33+,34-,35+/m1/s1. The molecule has 8 nitrogen and oxygen atoms in total. The monoisotopic (exact) mass is 636 g/mol. The van der Waals surface area contributed by atoms with Crippen molar-refractivity contribution in [2.75, 3.05) is 20.8 Å². The molecular formula is C36H44O8S. The van der Waals surface area contributed by atoms with Crippen LogP contribution in [0.5, 0.6) is 0 Å². The van der Waals surface area contributed by atoms with Crippen LogP contribution in [0.25, 0.3) is 0 Å². The van der Waals surface area contributed by atoms with Crippen LogP contribution < -0.4 is 0 Å². The van der Waals surface area contributed by atoms with Crippen molar-refractivity contribution in [2.24, 2.45) is 5.92 Å². The van der Waals surface area contributed by atoms with E-state index in [-0.39, 0.29) is 31.1 Å². The van der Waals surface area contributed by atoms with Gasteiger partial charge in [-0.05, 0) is 43.5 Å². The third kappa shape index (κ3) is 11.1. The summed E-state index contributed by atoms with van der Waals surface area (Å²) in [6.07, 6.45) is 1.91. The van der Waals surface area contributed by atoms with Crippen LogP contribution in [0, 0.1) is 12.8 Å². The molecular weight excluding hydrogens is 592 g/mol. The van der Waals surface area contributed by atoms with E-state index in [1.807, 2.05) is 80.6 Å². The lowest BCUT2D eigenvalue weighted by atomic mass is 9.84. The third-order valence-electron chi connectivity index (χ3n) is 7.41. The number of carbonyl (C=O) groups is 1. The zero-order valence-corrected chi connectivity index (χ0v) is 27.3. The van der Waals surface area contributed by atoms with Crippen LogP contribution in [0.3, 0.4) is 0 Å². The second kappa shape index (κ2) is 18.4. The molecule has 0 heterocycles. The molecule has 0 amide bonds. The minimum Gasteiger partial charge on any atom is -0.467 e. The average molecular weight is 637 g/mol. The van der Waals surface area contributed by atoms with Gasteiger partial charge in [0.25, 0.3) is 10.1 Å². The topological polar surface area (TPSA) is 97.4 Å². The van der Waals surface area contributed by atoms with Gasteiger partial charge in [0.2, 0.25) is 0 Å². The fourth-order valence-corrected chi connectivity index (χ4v) is 5.89. The quantitative estimate of drug-likeness (QED) is 0.0826. The van der Waals surface area contributed by atoms with Gasteiger partial charge in [-0.2, -0.15) is 8.42 Å². The summed E-state index contributed by atoms with van der Waals surface area (Å²) in [7, 11) is -1.16. The van der Waals surface area contributed by atoms with Crippen LogP contribution in [0.4, 0.5) is 0 Å². The number of carbonyl (C=O) groups excluding carboxylic acids is 1. The lowest BCUT2D eigenvalue weighted by Crippen LogP contribution is -2.47. The highest BCUT2D eigenvalue weighted by atomic mass is 32.2. The van der Waals surface area contributed by atoms with Gasteiger partial charge in [-0.1, -0.05) is 96.1 Å². The Kier molecular flexibility index (Phi) is 14.7. The van der Waals surface area contributed by atoms with Crippen molar-refractivity contribution in [3.63, 3.8) is 0 Å². The maximum absolute atomic E-state index is 13.3. The Labute approximate surface area is 267 Å². The Morgan fingerprint density at radius 3 is 1.98 bits per heavy atom. The van der Waals surface area contributed by atoms with E-state index in [0.717, 1.165) is 22.3 Å². The summed E-state index contributed by atoms with van der Waals surface area (Å²) in [5.74, 6) is -1.22. The second-order valence-corrected chi connectivity index (χ2v) is 12.3. The molecule has 0 saturated heterocycles. The van der Waals surface area contributed by atoms with Crippen molar-refractivity contribution in [2.45, 2.75) is 63.1 Å². The highest BCUT2D eigenvalue weighted by Crippen LogP contribution is 2.31. The van der Waals surface area contributed by atoms with E-state index >= 15 is 0 Å². The van der Waals surface area contributed by atoms with Crippen LogP contribution in [-0.2, 0) is 51.3 Å². The number of benzene rings is 3. The van der Waals surface area contributed by atoms with Gasteiger partial charge in [-0.15, -0.1) is 6.58 Å². The van der Waals surface area contributed by atoms with Crippen LogP contribution in [0.15, 0.2) is 114 Å². The summed E-state index contributed by atoms with van der Waals surface area (Å²) >= 11 is 0. The average Bonchev–Trinajstić information content (AvgIpc) is 3.06. The van der Waals surface area contributed by atoms with Gasteiger partial charge in [0, 0.05) is 19.4 Å².